The summed E-state index contributed by atoms with van der Waals surface area (Å²) in [7, 11) is 0. The predicted molar refractivity (Wildman–Crippen MR) is 78.9 cm³/mol. The summed E-state index contributed by atoms with van der Waals surface area (Å²) in [4.78, 5) is 29.5. The maximum Gasteiger partial charge on any atom is 0.299 e. The van der Waals surface area contributed by atoms with Crippen molar-refractivity contribution in [2.45, 2.75) is 6.54 Å². The number of rotatable bonds is 2. The summed E-state index contributed by atoms with van der Waals surface area (Å²) in [5.74, 6) is -1.02. The molecule has 6 heteroatoms. The van der Waals surface area contributed by atoms with Crippen molar-refractivity contribution in [3.63, 3.8) is 0 Å². The lowest BCUT2D eigenvalue weighted by molar-refractivity contribution is -0.114. The molecule has 1 aliphatic heterocycles. The molecule has 0 spiro atoms. The summed E-state index contributed by atoms with van der Waals surface area (Å²) in [6, 6.07) is 8.73. The number of ketones is 1. The van der Waals surface area contributed by atoms with Crippen LogP contribution >= 0.6 is 27.5 Å². The Morgan fingerprint density at radius 2 is 2.05 bits per heavy atom. The number of carbonyl (C=O) groups excluding carboxylic acids is 2. The van der Waals surface area contributed by atoms with E-state index >= 15 is 0 Å². The highest BCUT2D eigenvalue weighted by molar-refractivity contribution is 9.10. The SMILES string of the molecule is O=C1C(=O)N(Cc2ccnc(Cl)c2)c2cccc(Br)c21. The highest BCUT2D eigenvalue weighted by Gasteiger charge is 2.37. The van der Waals surface area contributed by atoms with Crippen molar-refractivity contribution in [3.8, 4) is 0 Å². The Kier molecular flexibility index (Phi) is 3.31. The van der Waals surface area contributed by atoms with Crippen molar-refractivity contribution >= 4 is 44.9 Å². The van der Waals surface area contributed by atoms with E-state index in [1.165, 1.54) is 4.90 Å². The van der Waals surface area contributed by atoms with Crippen LogP contribution in [0.4, 0.5) is 5.69 Å². The van der Waals surface area contributed by atoms with E-state index in [-0.39, 0.29) is 6.54 Å². The van der Waals surface area contributed by atoms with Gasteiger partial charge in [-0.2, -0.15) is 0 Å². The van der Waals surface area contributed by atoms with E-state index < -0.39 is 11.7 Å². The van der Waals surface area contributed by atoms with Gasteiger partial charge in [-0.3, -0.25) is 9.59 Å². The molecule has 0 atom stereocenters. The Balaban J connectivity index is 2.02. The third-order valence-electron chi connectivity index (χ3n) is 3.08. The van der Waals surface area contributed by atoms with Crippen LogP contribution in [0.1, 0.15) is 15.9 Å². The van der Waals surface area contributed by atoms with Crippen LogP contribution in [0.25, 0.3) is 0 Å². The summed E-state index contributed by atoms with van der Waals surface area (Å²) in [5, 5.41) is 0.356. The third kappa shape index (κ3) is 2.13. The second kappa shape index (κ2) is 5.00. The van der Waals surface area contributed by atoms with Crippen LogP contribution in [0.3, 0.4) is 0 Å². The number of amides is 1. The van der Waals surface area contributed by atoms with Crippen LogP contribution < -0.4 is 4.90 Å². The quantitative estimate of drug-likeness (QED) is 0.616. The Hall–Kier alpha value is -1.72. The van der Waals surface area contributed by atoms with E-state index in [4.69, 9.17) is 11.6 Å². The highest BCUT2D eigenvalue weighted by atomic mass is 79.9. The molecule has 2 aromatic rings. The topological polar surface area (TPSA) is 50.3 Å². The molecule has 0 aliphatic carbocycles. The molecule has 4 nitrogen and oxygen atoms in total. The van der Waals surface area contributed by atoms with Gasteiger partial charge in [-0.25, -0.2) is 4.98 Å². The highest BCUT2D eigenvalue weighted by Crippen LogP contribution is 2.35. The van der Waals surface area contributed by atoms with Crippen molar-refractivity contribution in [2.24, 2.45) is 0 Å². The minimum Gasteiger partial charge on any atom is -0.300 e. The van der Waals surface area contributed by atoms with Gasteiger partial charge in [0.05, 0.1) is 17.8 Å². The largest absolute Gasteiger partial charge is 0.300 e. The number of fused-ring (bicyclic) bond motifs is 1. The standard InChI is InChI=1S/C14H8BrClN2O2/c15-9-2-1-3-10-12(9)13(19)14(20)18(10)7-8-4-5-17-11(16)6-8/h1-6H,7H2. The molecule has 0 bridgehead atoms. The molecule has 0 saturated heterocycles. The molecule has 1 aromatic heterocycles. The molecular formula is C14H8BrClN2O2. The number of anilines is 1. The zero-order chi connectivity index (χ0) is 14.3. The first kappa shape index (κ1) is 13.3. The van der Waals surface area contributed by atoms with Crippen molar-refractivity contribution in [3.05, 3.63) is 57.3 Å². The fourth-order valence-electron chi connectivity index (χ4n) is 2.18. The van der Waals surface area contributed by atoms with E-state index in [2.05, 4.69) is 20.9 Å². The van der Waals surface area contributed by atoms with Gasteiger partial charge in [0.2, 0.25) is 0 Å². The van der Waals surface area contributed by atoms with E-state index in [9.17, 15) is 9.59 Å². The monoisotopic (exact) mass is 350 g/mol. The van der Waals surface area contributed by atoms with Gasteiger partial charge in [0.15, 0.2) is 0 Å². The summed E-state index contributed by atoms with van der Waals surface area (Å²) in [5.41, 5.74) is 1.85. The third-order valence-corrected chi connectivity index (χ3v) is 3.95. The van der Waals surface area contributed by atoms with Gasteiger partial charge >= 0.3 is 0 Å². The van der Waals surface area contributed by atoms with Crippen LogP contribution in [0.5, 0.6) is 0 Å². The Morgan fingerprint density at radius 3 is 2.80 bits per heavy atom. The van der Waals surface area contributed by atoms with Gasteiger partial charge in [0, 0.05) is 10.7 Å². The molecule has 0 unspecified atom stereocenters. The summed E-state index contributed by atoms with van der Waals surface area (Å²) >= 11 is 9.14. The first-order valence-electron chi connectivity index (χ1n) is 5.83. The van der Waals surface area contributed by atoms with Crippen LogP contribution in [0.2, 0.25) is 5.15 Å². The fraction of sp³-hybridized carbons (Fsp3) is 0.0714. The number of Topliss-reactive ketones (excluding diaryl/α,β-unsaturated/α-hetero) is 1. The number of benzene rings is 1. The minimum absolute atomic E-state index is 0.288. The van der Waals surface area contributed by atoms with Gasteiger partial charge in [0.25, 0.3) is 11.7 Å². The summed E-state index contributed by atoms with van der Waals surface area (Å²) < 4.78 is 0.628. The van der Waals surface area contributed by atoms with Gasteiger partial charge < -0.3 is 4.90 Å². The van der Waals surface area contributed by atoms with E-state index in [0.717, 1.165) is 5.56 Å². The number of hydrogen-bond acceptors (Lipinski definition) is 3. The van der Waals surface area contributed by atoms with Crippen molar-refractivity contribution in [1.29, 1.82) is 0 Å². The minimum atomic E-state index is -0.528. The number of pyridine rings is 1. The normalized spacial score (nSPS) is 13.8. The second-order valence-electron chi connectivity index (χ2n) is 4.34. The number of carbonyl (C=O) groups is 2. The van der Waals surface area contributed by atoms with Gasteiger partial charge in [-0.1, -0.05) is 17.7 Å². The van der Waals surface area contributed by atoms with Gasteiger partial charge in [-0.15, -0.1) is 0 Å². The lowest BCUT2D eigenvalue weighted by Gasteiger charge is -2.16. The Morgan fingerprint density at radius 1 is 1.25 bits per heavy atom. The predicted octanol–water partition coefficient (Wildman–Crippen LogP) is 3.23. The lowest BCUT2D eigenvalue weighted by atomic mass is 10.1. The fourth-order valence-corrected chi connectivity index (χ4v) is 2.91. The average Bonchev–Trinajstić information content (AvgIpc) is 2.65. The van der Waals surface area contributed by atoms with Gasteiger partial charge in [-0.05, 0) is 45.8 Å². The molecule has 100 valence electrons. The number of nitrogens with zero attached hydrogens (tertiary/aromatic N) is 2. The van der Waals surface area contributed by atoms with Crippen LogP contribution in [0, 0.1) is 0 Å². The maximum atomic E-state index is 12.1. The lowest BCUT2D eigenvalue weighted by Crippen LogP contribution is -2.29. The average molecular weight is 352 g/mol. The molecule has 0 saturated carbocycles. The number of hydrogen-bond donors (Lipinski definition) is 0. The molecule has 2 heterocycles. The molecule has 0 fully saturated rings. The van der Waals surface area contributed by atoms with Crippen LogP contribution in [-0.4, -0.2) is 16.7 Å². The summed E-state index contributed by atoms with van der Waals surface area (Å²) in [6.45, 7) is 0.288. The van der Waals surface area contributed by atoms with E-state index in [1.807, 2.05) is 0 Å². The van der Waals surface area contributed by atoms with Gasteiger partial charge in [0.1, 0.15) is 5.15 Å². The van der Waals surface area contributed by atoms with E-state index in [1.54, 1.807) is 36.5 Å². The molecule has 0 radical (unpaired) electrons. The molecule has 3 rings (SSSR count). The first-order chi connectivity index (χ1) is 9.58. The zero-order valence-electron chi connectivity index (χ0n) is 10.1. The van der Waals surface area contributed by atoms with E-state index in [0.29, 0.717) is 20.9 Å². The zero-order valence-corrected chi connectivity index (χ0v) is 12.5. The summed E-state index contributed by atoms with van der Waals surface area (Å²) in [6.07, 6.45) is 1.57. The molecule has 0 N–H and O–H groups in total. The molecule has 1 amide bonds. The van der Waals surface area contributed by atoms with Crippen LogP contribution in [-0.2, 0) is 11.3 Å². The molecule has 20 heavy (non-hydrogen) atoms. The smallest absolute Gasteiger partial charge is 0.299 e. The molecular weight excluding hydrogens is 344 g/mol. The molecule has 1 aliphatic rings. The Labute approximate surface area is 128 Å². The van der Waals surface area contributed by atoms with Crippen LogP contribution in [0.15, 0.2) is 41.0 Å². The second-order valence-corrected chi connectivity index (χ2v) is 5.58. The van der Waals surface area contributed by atoms with Crippen molar-refractivity contribution in [2.75, 3.05) is 4.90 Å². The Bertz CT molecular complexity index is 733. The van der Waals surface area contributed by atoms with Crippen molar-refractivity contribution < 1.29 is 9.59 Å². The number of aromatic nitrogens is 1. The number of halogens is 2. The first-order valence-corrected chi connectivity index (χ1v) is 7.00. The maximum absolute atomic E-state index is 12.1. The van der Waals surface area contributed by atoms with Crippen molar-refractivity contribution in [1.82, 2.24) is 4.98 Å². The molecule has 1 aromatic carbocycles.